The highest BCUT2D eigenvalue weighted by Crippen LogP contribution is 2.24. The number of esters is 1. The molecule has 0 amide bonds. The molecule has 1 unspecified atom stereocenters. The van der Waals surface area contributed by atoms with Gasteiger partial charge in [0, 0.05) is 12.0 Å². The van der Waals surface area contributed by atoms with Crippen LogP contribution in [0.25, 0.3) is 0 Å². The number of hydrogen-bond donors (Lipinski definition) is 4. The average Bonchev–Trinajstić information content (AvgIpc) is 2.98. The lowest BCUT2D eigenvalue weighted by atomic mass is 9.85. The maximum absolute atomic E-state index is 12.1. The summed E-state index contributed by atoms with van der Waals surface area (Å²) in [5.74, 6) is -1.27. The fourth-order valence-electron chi connectivity index (χ4n) is 3.36. The Morgan fingerprint density at radius 2 is 2.19 bits per heavy atom. The van der Waals surface area contributed by atoms with E-state index in [4.69, 9.17) is 4.74 Å². The topological polar surface area (TPSA) is 91.4 Å². The quantitative estimate of drug-likeness (QED) is 0.357. The first-order valence-corrected chi connectivity index (χ1v) is 7.57. The predicted octanol–water partition coefficient (Wildman–Crippen LogP) is -1.74. The number of rotatable bonds is 5. The molecule has 1 fully saturated rings. The number of carbonyl (C=O) groups excluding carboxylic acids is 1. The molecule has 0 saturated carbocycles. The summed E-state index contributed by atoms with van der Waals surface area (Å²) in [4.78, 5) is 13.4. The number of quaternary nitrogens is 1. The lowest BCUT2D eigenvalue weighted by Crippen LogP contribution is -3.12. The van der Waals surface area contributed by atoms with Crippen LogP contribution in [0.2, 0.25) is 0 Å². The number of carbonyl (C=O) groups is 1. The highest BCUT2D eigenvalue weighted by atomic mass is 16.6. The van der Waals surface area contributed by atoms with Crippen LogP contribution in [0.15, 0.2) is 11.6 Å². The lowest BCUT2D eigenvalue weighted by molar-refractivity contribution is -0.897. The van der Waals surface area contributed by atoms with Crippen LogP contribution < -0.4 is 4.90 Å². The van der Waals surface area contributed by atoms with Crippen molar-refractivity contribution in [1.82, 2.24) is 0 Å². The van der Waals surface area contributed by atoms with Gasteiger partial charge in [0.25, 0.3) is 0 Å². The lowest BCUT2D eigenvalue weighted by Gasteiger charge is -2.32. The highest BCUT2D eigenvalue weighted by Gasteiger charge is 2.47. The maximum Gasteiger partial charge on any atom is 0.341 e. The minimum absolute atomic E-state index is 0.00325. The molecule has 0 aliphatic carbocycles. The van der Waals surface area contributed by atoms with Crippen LogP contribution >= 0.6 is 0 Å². The molecule has 6 nitrogen and oxygen atoms in total. The SMILES string of the molecule is CC(C)[C@](O)(C(=O)OCC1=CC[NH+]2CC[C@@H](O)[C@@H]12)[C@H](C)O. The number of ether oxygens (including phenoxy) is 1. The first-order valence-electron chi connectivity index (χ1n) is 7.57. The van der Waals surface area contributed by atoms with Crippen molar-refractivity contribution in [3.05, 3.63) is 11.6 Å². The zero-order valence-electron chi connectivity index (χ0n) is 12.9. The number of hydrogen-bond acceptors (Lipinski definition) is 5. The van der Waals surface area contributed by atoms with E-state index < -0.39 is 29.7 Å². The van der Waals surface area contributed by atoms with E-state index in [9.17, 15) is 20.1 Å². The summed E-state index contributed by atoms with van der Waals surface area (Å²) < 4.78 is 5.23. The summed E-state index contributed by atoms with van der Waals surface area (Å²) in [7, 11) is 0. The van der Waals surface area contributed by atoms with E-state index >= 15 is 0 Å². The third-order valence-corrected chi connectivity index (χ3v) is 4.83. The molecule has 120 valence electrons. The van der Waals surface area contributed by atoms with Crippen molar-refractivity contribution in [2.45, 2.75) is 51.0 Å². The fourth-order valence-corrected chi connectivity index (χ4v) is 3.36. The van der Waals surface area contributed by atoms with E-state index in [1.54, 1.807) is 13.8 Å². The van der Waals surface area contributed by atoms with E-state index in [0.29, 0.717) is 0 Å². The number of nitrogens with one attached hydrogen (secondary N) is 1. The van der Waals surface area contributed by atoms with E-state index in [-0.39, 0.29) is 12.6 Å². The standard InChI is InChI=1S/C15H25NO5/c1-9(2)15(20,10(3)17)14(19)21-8-11-4-6-16-7-5-12(18)13(11)16/h4,9-10,12-13,17-18,20H,5-8H2,1-3H3/p+1/t10-,12+,13+,15+/m0/s1. The third kappa shape index (κ3) is 2.85. The number of aliphatic hydroxyl groups is 3. The van der Waals surface area contributed by atoms with Crippen LogP contribution in [-0.2, 0) is 9.53 Å². The Balaban J connectivity index is 1.98. The Morgan fingerprint density at radius 1 is 1.52 bits per heavy atom. The predicted molar refractivity (Wildman–Crippen MR) is 75.6 cm³/mol. The largest absolute Gasteiger partial charge is 0.459 e. The third-order valence-electron chi connectivity index (χ3n) is 4.83. The van der Waals surface area contributed by atoms with Crippen molar-refractivity contribution >= 4 is 5.97 Å². The van der Waals surface area contributed by atoms with Crippen molar-refractivity contribution in [2.75, 3.05) is 19.7 Å². The molecule has 2 aliphatic rings. The van der Waals surface area contributed by atoms with Gasteiger partial charge in [-0.05, 0) is 18.9 Å². The molecule has 2 rings (SSSR count). The van der Waals surface area contributed by atoms with Gasteiger partial charge in [-0.2, -0.15) is 0 Å². The molecule has 0 aromatic rings. The molecule has 5 atom stereocenters. The summed E-state index contributed by atoms with van der Waals surface area (Å²) in [5.41, 5.74) is -1.000. The van der Waals surface area contributed by atoms with Gasteiger partial charge >= 0.3 is 5.97 Å². The van der Waals surface area contributed by atoms with Gasteiger partial charge in [-0.3, -0.25) is 0 Å². The summed E-state index contributed by atoms with van der Waals surface area (Å²) in [6.45, 7) is 6.52. The van der Waals surface area contributed by atoms with Crippen LogP contribution in [0.1, 0.15) is 27.2 Å². The van der Waals surface area contributed by atoms with Crippen molar-refractivity contribution in [2.24, 2.45) is 5.92 Å². The van der Waals surface area contributed by atoms with E-state index in [1.807, 2.05) is 6.08 Å². The molecule has 0 aromatic heterocycles. The van der Waals surface area contributed by atoms with Gasteiger partial charge in [0.2, 0.25) is 0 Å². The van der Waals surface area contributed by atoms with Crippen LogP contribution in [0, 0.1) is 5.92 Å². The number of fused-ring (bicyclic) bond motifs is 1. The Kier molecular flexibility index (Phi) is 4.72. The van der Waals surface area contributed by atoms with Gasteiger partial charge in [0.1, 0.15) is 18.8 Å². The van der Waals surface area contributed by atoms with Gasteiger partial charge in [-0.15, -0.1) is 0 Å². The molecule has 0 spiro atoms. The van der Waals surface area contributed by atoms with Gasteiger partial charge in [0.15, 0.2) is 5.60 Å². The van der Waals surface area contributed by atoms with Crippen molar-refractivity contribution in [1.29, 1.82) is 0 Å². The molecular formula is C15H26NO5+. The molecular weight excluding hydrogens is 274 g/mol. The molecule has 21 heavy (non-hydrogen) atoms. The first-order chi connectivity index (χ1) is 9.78. The van der Waals surface area contributed by atoms with E-state index in [2.05, 4.69) is 0 Å². The maximum atomic E-state index is 12.1. The Bertz CT molecular complexity index is 424. The van der Waals surface area contributed by atoms with Gasteiger partial charge in [-0.1, -0.05) is 13.8 Å². The molecule has 0 aromatic carbocycles. The van der Waals surface area contributed by atoms with Gasteiger partial charge in [-0.25, -0.2) is 4.79 Å². The second-order valence-corrected chi connectivity index (χ2v) is 6.46. The van der Waals surface area contributed by atoms with Crippen molar-refractivity contribution in [3.8, 4) is 0 Å². The monoisotopic (exact) mass is 300 g/mol. The normalized spacial score (nSPS) is 32.5. The molecule has 4 N–H and O–H groups in total. The Hall–Kier alpha value is -0.950. The summed E-state index contributed by atoms with van der Waals surface area (Å²) in [6, 6.07) is -0.00325. The fraction of sp³-hybridized carbons (Fsp3) is 0.800. The minimum Gasteiger partial charge on any atom is -0.459 e. The number of aliphatic hydroxyl groups excluding tert-OH is 2. The minimum atomic E-state index is -1.90. The summed E-state index contributed by atoms with van der Waals surface area (Å²) in [6.07, 6.45) is 1.15. The smallest absolute Gasteiger partial charge is 0.341 e. The van der Waals surface area contributed by atoms with Crippen molar-refractivity contribution in [3.63, 3.8) is 0 Å². The van der Waals surface area contributed by atoms with Crippen LogP contribution in [0.5, 0.6) is 0 Å². The van der Waals surface area contributed by atoms with E-state index in [0.717, 1.165) is 25.1 Å². The molecule has 2 aliphatic heterocycles. The second kappa shape index (κ2) is 6.04. The van der Waals surface area contributed by atoms with E-state index in [1.165, 1.54) is 11.8 Å². The molecule has 1 saturated heterocycles. The summed E-state index contributed by atoms with van der Waals surface area (Å²) >= 11 is 0. The first kappa shape index (κ1) is 16.4. The Labute approximate surface area is 125 Å². The molecule has 0 radical (unpaired) electrons. The Morgan fingerprint density at radius 3 is 2.76 bits per heavy atom. The second-order valence-electron chi connectivity index (χ2n) is 6.46. The van der Waals surface area contributed by atoms with Crippen LogP contribution in [0.3, 0.4) is 0 Å². The van der Waals surface area contributed by atoms with Gasteiger partial charge in [0.05, 0.1) is 19.2 Å². The zero-order chi connectivity index (χ0) is 15.8. The van der Waals surface area contributed by atoms with Gasteiger partial charge < -0.3 is 25.0 Å². The van der Waals surface area contributed by atoms with Crippen LogP contribution in [0.4, 0.5) is 0 Å². The van der Waals surface area contributed by atoms with Crippen LogP contribution in [-0.4, -0.2) is 64.8 Å². The highest BCUT2D eigenvalue weighted by molar-refractivity contribution is 5.80. The molecule has 0 bridgehead atoms. The molecule has 2 heterocycles. The molecule has 6 heteroatoms. The average molecular weight is 300 g/mol. The summed E-state index contributed by atoms with van der Waals surface area (Å²) in [5, 5.41) is 30.0. The zero-order valence-corrected chi connectivity index (χ0v) is 12.9. The van der Waals surface area contributed by atoms with Crippen molar-refractivity contribution < 1.29 is 29.8 Å².